The van der Waals surface area contributed by atoms with Crippen LogP contribution in [-0.2, 0) is 4.79 Å². The van der Waals surface area contributed by atoms with Crippen LogP contribution in [0.4, 0.5) is 0 Å². The monoisotopic (exact) mass is 317 g/mol. The van der Waals surface area contributed by atoms with Crippen molar-refractivity contribution in [2.24, 2.45) is 0 Å². The Morgan fingerprint density at radius 3 is 2.64 bits per heavy atom. The molecule has 0 N–H and O–H groups in total. The Balaban J connectivity index is 1.75. The Morgan fingerprint density at radius 2 is 1.91 bits per heavy atom. The quantitative estimate of drug-likeness (QED) is 0.520. The first-order valence-corrected chi connectivity index (χ1v) is 7.06. The van der Waals surface area contributed by atoms with E-state index in [4.69, 9.17) is 25.5 Å². The lowest BCUT2D eigenvalue weighted by Crippen LogP contribution is -2.05. The maximum atomic E-state index is 11.2. The third kappa shape index (κ3) is 3.20. The fraction of sp³-hybridized carbons (Fsp3) is 0.125. The first-order valence-electron chi connectivity index (χ1n) is 6.69. The van der Waals surface area contributed by atoms with E-state index in [0.717, 1.165) is 0 Å². The Hall–Kier alpha value is -2.53. The van der Waals surface area contributed by atoms with E-state index in [-0.39, 0.29) is 12.0 Å². The zero-order valence-corrected chi connectivity index (χ0v) is 12.5. The topological polar surface area (TPSA) is 61.6 Å². The molecule has 0 aliphatic rings. The minimum absolute atomic E-state index is 0.121. The normalized spacial score (nSPS) is 10.6. The van der Waals surface area contributed by atoms with Gasteiger partial charge in [0, 0.05) is 17.5 Å². The van der Waals surface area contributed by atoms with Crippen molar-refractivity contribution in [3.63, 3.8) is 0 Å². The predicted octanol–water partition coefficient (Wildman–Crippen LogP) is 4.59. The standard InChI is InChI=1S/C16H12ClNO4/c1-2-15(19)20-11-4-6-12(7-5-11)21-16-18-13-8-3-10(17)9-14(13)22-16/h3-9H,2H2,1H3. The SMILES string of the molecule is CCC(=O)Oc1ccc(Oc2nc3ccc(Cl)cc3o2)cc1. The van der Waals surface area contributed by atoms with Crippen molar-refractivity contribution in [2.75, 3.05) is 0 Å². The van der Waals surface area contributed by atoms with Gasteiger partial charge in [-0.2, -0.15) is 4.98 Å². The van der Waals surface area contributed by atoms with E-state index in [1.54, 1.807) is 49.4 Å². The zero-order chi connectivity index (χ0) is 15.5. The van der Waals surface area contributed by atoms with Gasteiger partial charge in [-0.1, -0.05) is 18.5 Å². The second-order valence-corrected chi connectivity index (χ2v) is 4.93. The average Bonchev–Trinajstić information content (AvgIpc) is 2.90. The number of carbonyl (C=O) groups excluding carboxylic acids is 1. The van der Waals surface area contributed by atoms with Crippen molar-refractivity contribution < 1.29 is 18.7 Å². The van der Waals surface area contributed by atoms with Crippen LogP contribution in [0, 0.1) is 0 Å². The van der Waals surface area contributed by atoms with Gasteiger partial charge in [-0.25, -0.2) is 0 Å². The number of carbonyl (C=O) groups is 1. The molecule has 0 unspecified atom stereocenters. The summed E-state index contributed by atoms with van der Waals surface area (Å²) in [6, 6.07) is 11.8. The zero-order valence-electron chi connectivity index (χ0n) is 11.7. The summed E-state index contributed by atoms with van der Waals surface area (Å²) in [4.78, 5) is 15.4. The minimum atomic E-state index is -0.288. The molecule has 0 bridgehead atoms. The van der Waals surface area contributed by atoms with Crippen molar-refractivity contribution in [1.82, 2.24) is 4.98 Å². The lowest BCUT2D eigenvalue weighted by atomic mass is 10.3. The van der Waals surface area contributed by atoms with E-state index in [1.165, 1.54) is 0 Å². The fourth-order valence-corrected chi connectivity index (χ4v) is 1.96. The van der Waals surface area contributed by atoms with Gasteiger partial charge < -0.3 is 13.9 Å². The first kappa shape index (κ1) is 14.4. The Morgan fingerprint density at radius 1 is 1.18 bits per heavy atom. The Bertz CT molecular complexity index is 811. The maximum absolute atomic E-state index is 11.2. The number of esters is 1. The van der Waals surface area contributed by atoms with Crippen LogP contribution >= 0.6 is 11.6 Å². The molecule has 6 heteroatoms. The van der Waals surface area contributed by atoms with Crippen LogP contribution in [-0.4, -0.2) is 11.0 Å². The van der Waals surface area contributed by atoms with Crippen molar-refractivity contribution in [2.45, 2.75) is 13.3 Å². The molecule has 0 fully saturated rings. The van der Waals surface area contributed by atoms with E-state index in [0.29, 0.717) is 34.0 Å². The molecular weight excluding hydrogens is 306 g/mol. The van der Waals surface area contributed by atoms with E-state index in [2.05, 4.69) is 4.98 Å². The summed E-state index contributed by atoms with van der Waals surface area (Å²) in [6.45, 7) is 1.74. The first-order chi connectivity index (χ1) is 10.6. The molecule has 0 saturated carbocycles. The van der Waals surface area contributed by atoms with E-state index >= 15 is 0 Å². The van der Waals surface area contributed by atoms with E-state index in [9.17, 15) is 4.79 Å². The van der Waals surface area contributed by atoms with Crippen LogP contribution in [0.15, 0.2) is 46.9 Å². The molecule has 112 valence electrons. The van der Waals surface area contributed by atoms with Crippen LogP contribution < -0.4 is 9.47 Å². The van der Waals surface area contributed by atoms with Gasteiger partial charge in [0.1, 0.15) is 17.0 Å². The van der Waals surface area contributed by atoms with Gasteiger partial charge in [0.2, 0.25) is 0 Å². The molecule has 22 heavy (non-hydrogen) atoms. The largest absolute Gasteiger partial charge is 0.427 e. The van der Waals surface area contributed by atoms with Crippen molar-refractivity contribution >= 4 is 28.7 Å². The van der Waals surface area contributed by atoms with Crippen LogP contribution in [0.25, 0.3) is 11.1 Å². The molecule has 0 amide bonds. The van der Waals surface area contributed by atoms with Crippen LogP contribution in [0.5, 0.6) is 17.6 Å². The molecule has 2 aromatic carbocycles. The second-order valence-electron chi connectivity index (χ2n) is 4.49. The van der Waals surface area contributed by atoms with Crippen LogP contribution in [0.2, 0.25) is 5.02 Å². The third-order valence-corrected chi connectivity index (χ3v) is 3.12. The molecular formula is C16H12ClNO4. The molecule has 0 radical (unpaired) electrons. The number of nitrogens with zero attached hydrogens (tertiary/aromatic N) is 1. The maximum Gasteiger partial charge on any atom is 0.400 e. The number of rotatable bonds is 4. The highest BCUT2D eigenvalue weighted by molar-refractivity contribution is 6.31. The van der Waals surface area contributed by atoms with Crippen molar-refractivity contribution in [1.29, 1.82) is 0 Å². The van der Waals surface area contributed by atoms with Crippen LogP contribution in [0.3, 0.4) is 0 Å². The highest BCUT2D eigenvalue weighted by Crippen LogP contribution is 2.28. The number of aromatic nitrogens is 1. The summed E-state index contributed by atoms with van der Waals surface area (Å²) < 4.78 is 16.1. The molecule has 0 saturated heterocycles. The number of halogens is 1. The molecule has 0 spiro atoms. The van der Waals surface area contributed by atoms with Gasteiger partial charge in [0.05, 0.1) is 0 Å². The van der Waals surface area contributed by atoms with Gasteiger partial charge in [-0.15, -0.1) is 0 Å². The van der Waals surface area contributed by atoms with Gasteiger partial charge in [0.25, 0.3) is 0 Å². The molecule has 1 heterocycles. The fourth-order valence-electron chi connectivity index (χ4n) is 1.80. The number of ether oxygens (including phenoxy) is 2. The summed E-state index contributed by atoms with van der Waals surface area (Å²) in [5, 5.41) is 0.567. The predicted molar refractivity (Wildman–Crippen MR) is 81.5 cm³/mol. The smallest absolute Gasteiger partial charge is 0.400 e. The Kier molecular flexibility index (Phi) is 3.98. The van der Waals surface area contributed by atoms with Gasteiger partial charge >= 0.3 is 12.0 Å². The van der Waals surface area contributed by atoms with Gasteiger partial charge in [-0.3, -0.25) is 4.79 Å². The summed E-state index contributed by atoms with van der Waals surface area (Å²) in [5.41, 5.74) is 1.21. The molecule has 3 rings (SSSR count). The van der Waals surface area contributed by atoms with E-state index < -0.39 is 0 Å². The van der Waals surface area contributed by atoms with Crippen LogP contribution in [0.1, 0.15) is 13.3 Å². The molecule has 3 aromatic rings. The summed E-state index contributed by atoms with van der Waals surface area (Å²) in [5.74, 6) is 0.696. The summed E-state index contributed by atoms with van der Waals surface area (Å²) in [7, 11) is 0. The number of oxazole rings is 1. The number of hydrogen-bond acceptors (Lipinski definition) is 5. The highest BCUT2D eigenvalue weighted by Gasteiger charge is 2.09. The average molecular weight is 318 g/mol. The Labute approximate surface area is 131 Å². The highest BCUT2D eigenvalue weighted by atomic mass is 35.5. The lowest BCUT2D eigenvalue weighted by Gasteiger charge is -2.04. The summed E-state index contributed by atoms with van der Waals surface area (Å²) in [6.07, 6.45) is 0.444. The number of hydrogen-bond donors (Lipinski definition) is 0. The summed E-state index contributed by atoms with van der Waals surface area (Å²) >= 11 is 5.89. The van der Waals surface area contributed by atoms with Crippen molar-refractivity contribution in [3.8, 4) is 17.6 Å². The second kappa shape index (κ2) is 6.07. The molecule has 0 aliphatic heterocycles. The molecule has 5 nitrogen and oxygen atoms in total. The van der Waals surface area contributed by atoms with Crippen molar-refractivity contribution in [3.05, 3.63) is 47.5 Å². The minimum Gasteiger partial charge on any atom is -0.427 e. The molecule has 0 aliphatic carbocycles. The molecule has 1 aromatic heterocycles. The molecule has 0 atom stereocenters. The third-order valence-electron chi connectivity index (χ3n) is 2.88. The lowest BCUT2D eigenvalue weighted by molar-refractivity contribution is -0.134. The number of benzene rings is 2. The number of fused-ring (bicyclic) bond motifs is 1. The van der Waals surface area contributed by atoms with Gasteiger partial charge in [-0.05, 0) is 36.4 Å². The van der Waals surface area contributed by atoms with Gasteiger partial charge in [0.15, 0.2) is 5.58 Å². The van der Waals surface area contributed by atoms with E-state index in [1.807, 2.05) is 0 Å².